The van der Waals surface area contributed by atoms with Gasteiger partial charge in [-0.05, 0) is 43.4 Å². The van der Waals surface area contributed by atoms with Gasteiger partial charge in [0.25, 0.3) is 0 Å². The van der Waals surface area contributed by atoms with Gasteiger partial charge in [0.05, 0.1) is 13.2 Å². The summed E-state index contributed by atoms with van der Waals surface area (Å²) in [6.45, 7) is 4.08. The molecule has 1 aromatic rings. The Labute approximate surface area is 138 Å². The number of halogens is 1. The molecule has 0 amide bonds. The fourth-order valence-electron chi connectivity index (χ4n) is 3.96. The molecule has 0 radical (unpaired) electrons. The van der Waals surface area contributed by atoms with Crippen LogP contribution in [0, 0.1) is 11.7 Å². The molecule has 5 heteroatoms. The van der Waals surface area contributed by atoms with Crippen molar-refractivity contribution in [2.45, 2.75) is 31.3 Å². The second-order valence-corrected chi connectivity index (χ2v) is 6.47. The monoisotopic (exact) mass is 322 g/mol. The number of fused-ring (bicyclic) bond motifs is 1. The van der Waals surface area contributed by atoms with Crippen LogP contribution in [-0.2, 0) is 9.47 Å². The molecule has 1 aromatic carbocycles. The molecule has 2 aliphatic rings. The molecule has 2 fully saturated rings. The van der Waals surface area contributed by atoms with Crippen LogP contribution in [0.15, 0.2) is 24.3 Å². The molecule has 4 nitrogen and oxygen atoms in total. The Kier molecular flexibility index (Phi) is 5.86. The van der Waals surface area contributed by atoms with Gasteiger partial charge in [0.15, 0.2) is 0 Å². The number of hydrogen-bond donors (Lipinski definition) is 1. The molecule has 3 rings (SSSR count). The van der Waals surface area contributed by atoms with Crippen molar-refractivity contribution < 1.29 is 13.9 Å². The number of piperidine rings is 1. The first-order valence-electron chi connectivity index (χ1n) is 8.62. The summed E-state index contributed by atoms with van der Waals surface area (Å²) < 4.78 is 24.3. The standard InChI is InChI=1S/C18H27FN2O2/c1-22-10-11-23-9-7-14-13-20-17-6-3-8-21(18(14)17)16-5-2-4-15(19)12-16/h2,4-5,12,14,17-18,20H,3,6-11,13H2,1H3. The Bertz CT molecular complexity index is 500. The highest BCUT2D eigenvalue weighted by atomic mass is 19.1. The summed E-state index contributed by atoms with van der Waals surface area (Å²) in [7, 11) is 1.69. The van der Waals surface area contributed by atoms with E-state index in [1.807, 2.05) is 6.07 Å². The third-order valence-corrected chi connectivity index (χ3v) is 5.02. The highest BCUT2D eigenvalue weighted by molar-refractivity contribution is 5.49. The maximum atomic E-state index is 13.6. The van der Waals surface area contributed by atoms with Gasteiger partial charge < -0.3 is 19.7 Å². The van der Waals surface area contributed by atoms with E-state index >= 15 is 0 Å². The first kappa shape index (κ1) is 16.7. The smallest absolute Gasteiger partial charge is 0.125 e. The Morgan fingerprint density at radius 1 is 1.30 bits per heavy atom. The second kappa shape index (κ2) is 8.08. The van der Waals surface area contributed by atoms with E-state index in [1.165, 1.54) is 12.5 Å². The van der Waals surface area contributed by atoms with E-state index in [0.717, 1.165) is 38.2 Å². The average Bonchev–Trinajstić information content (AvgIpc) is 2.98. The molecule has 2 saturated heterocycles. The van der Waals surface area contributed by atoms with Gasteiger partial charge in [-0.25, -0.2) is 4.39 Å². The highest BCUT2D eigenvalue weighted by Crippen LogP contribution is 2.34. The lowest BCUT2D eigenvalue weighted by Crippen LogP contribution is -2.51. The van der Waals surface area contributed by atoms with E-state index in [1.54, 1.807) is 19.2 Å². The van der Waals surface area contributed by atoms with Gasteiger partial charge in [-0.1, -0.05) is 6.07 Å². The van der Waals surface area contributed by atoms with E-state index in [0.29, 0.717) is 31.2 Å². The van der Waals surface area contributed by atoms with Crippen LogP contribution >= 0.6 is 0 Å². The molecule has 0 aromatic heterocycles. The van der Waals surface area contributed by atoms with Crippen molar-refractivity contribution in [3.8, 4) is 0 Å². The fraction of sp³-hybridized carbons (Fsp3) is 0.667. The van der Waals surface area contributed by atoms with E-state index in [4.69, 9.17) is 9.47 Å². The van der Waals surface area contributed by atoms with Crippen LogP contribution in [0.2, 0.25) is 0 Å². The lowest BCUT2D eigenvalue weighted by atomic mass is 9.88. The van der Waals surface area contributed by atoms with Gasteiger partial charge in [-0.2, -0.15) is 0 Å². The number of benzene rings is 1. The van der Waals surface area contributed by atoms with Crippen molar-refractivity contribution >= 4 is 5.69 Å². The number of nitrogens with one attached hydrogen (secondary N) is 1. The summed E-state index contributed by atoms with van der Waals surface area (Å²) in [5.74, 6) is 0.390. The zero-order valence-electron chi connectivity index (χ0n) is 13.8. The molecule has 0 bridgehead atoms. The number of methoxy groups -OCH3 is 1. The van der Waals surface area contributed by atoms with Gasteiger partial charge in [-0.3, -0.25) is 0 Å². The minimum Gasteiger partial charge on any atom is -0.382 e. The number of ether oxygens (including phenoxy) is 2. The van der Waals surface area contributed by atoms with Crippen LogP contribution < -0.4 is 10.2 Å². The Morgan fingerprint density at radius 2 is 2.22 bits per heavy atom. The fourth-order valence-corrected chi connectivity index (χ4v) is 3.96. The molecular formula is C18H27FN2O2. The lowest BCUT2D eigenvalue weighted by molar-refractivity contribution is 0.0633. The Hall–Kier alpha value is -1.17. The molecule has 23 heavy (non-hydrogen) atoms. The van der Waals surface area contributed by atoms with Crippen molar-refractivity contribution in [1.29, 1.82) is 0 Å². The third-order valence-electron chi connectivity index (χ3n) is 5.02. The Balaban J connectivity index is 1.64. The van der Waals surface area contributed by atoms with Crippen LogP contribution in [0.4, 0.5) is 10.1 Å². The summed E-state index contributed by atoms with van der Waals surface area (Å²) in [5, 5.41) is 3.66. The molecule has 2 heterocycles. The van der Waals surface area contributed by atoms with Crippen LogP contribution in [0.3, 0.4) is 0 Å². The minimum atomic E-state index is -0.157. The molecule has 0 spiro atoms. The minimum absolute atomic E-state index is 0.157. The van der Waals surface area contributed by atoms with Gasteiger partial charge in [0.1, 0.15) is 5.82 Å². The molecule has 3 unspecified atom stereocenters. The molecular weight excluding hydrogens is 295 g/mol. The summed E-state index contributed by atoms with van der Waals surface area (Å²) in [5.41, 5.74) is 1.01. The zero-order valence-corrected chi connectivity index (χ0v) is 13.8. The van der Waals surface area contributed by atoms with Crippen molar-refractivity contribution in [1.82, 2.24) is 5.32 Å². The number of anilines is 1. The highest BCUT2D eigenvalue weighted by Gasteiger charge is 2.41. The SMILES string of the molecule is COCCOCCC1CNC2CCCN(c3cccc(F)c3)C12. The molecule has 0 aliphatic carbocycles. The first-order valence-corrected chi connectivity index (χ1v) is 8.62. The van der Waals surface area contributed by atoms with E-state index < -0.39 is 0 Å². The summed E-state index contributed by atoms with van der Waals surface area (Å²) in [4.78, 5) is 2.40. The maximum absolute atomic E-state index is 13.6. The largest absolute Gasteiger partial charge is 0.382 e. The van der Waals surface area contributed by atoms with E-state index in [-0.39, 0.29) is 5.82 Å². The Morgan fingerprint density at radius 3 is 3.04 bits per heavy atom. The molecule has 1 N–H and O–H groups in total. The molecule has 0 saturated carbocycles. The van der Waals surface area contributed by atoms with Crippen molar-refractivity contribution in [2.75, 3.05) is 44.9 Å². The predicted octanol–water partition coefficient (Wildman–Crippen LogP) is 2.44. The topological polar surface area (TPSA) is 33.7 Å². The van der Waals surface area contributed by atoms with Gasteiger partial charge in [-0.15, -0.1) is 0 Å². The number of rotatable bonds is 7. The van der Waals surface area contributed by atoms with Gasteiger partial charge >= 0.3 is 0 Å². The quantitative estimate of drug-likeness (QED) is 0.782. The molecule has 2 aliphatic heterocycles. The number of nitrogens with zero attached hydrogens (tertiary/aromatic N) is 1. The maximum Gasteiger partial charge on any atom is 0.125 e. The molecule has 3 atom stereocenters. The number of hydrogen-bond acceptors (Lipinski definition) is 4. The molecule has 128 valence electrons. The van der Waals surface area contributed by atoms with E-state index in [9.17, 15) is 4.39 Å². The van der Waals surface area contributed by atoms with Crippen LogP contribution in [-0.4, -0.2) is 52.1 Å². The van der Waals surface area contributed by atoms with Crippen LogP contribution in [0.25, 0.3) is 0 Å². The summed E-state index contributed by atoms with van der Waals surface area (Å²) >= 11 is 0. The predicted molar refractivity (Wildman–Crippen MR) is 89.4 cm³/mol. The van der Waals surface area contributed by atoms with E-state index in [2.05, 4.69) is 10.2 Å². The van der Waals surface area contributed by atoms with Crippen molar-refractivity contribution in [2.24, 2.45) is 5.92 Å². The second-order valence-electron chi connectivity index (χ2n) is 6.47. The van der Waals surface area contributed by atoms with Gasteiger partial charge in [0.2, 0.25) is 0 Å². The third kappa shape index (κ3) is 4.03. The van der Waals surface area contributed by atoms with Crippen LogP contribution in [0.1, 0.15) is 19.3 Å². The summed E-state index contributed by atoms with van der Waals surface area (Å²) in [6.07, 6.45) is 3.39. The average molecular weight is 322 g/mol. The van der Waals surface area contributed by atoms with Crippen molar-refractivity contribution in [3.63, 3.8) is 0 Å². The summed E-state index contributed by atoms with van der Waals surface area (Å²) in [6, 6.07) is 7.95. The lowest BCUT2D eigenvalue weighted by Gasteiger charge is -2.41. The van der Waals surface area contributed by atoms with Gasteiger partial charge in [0, 0.05) is 44.6 Å². The van der Waals surface area contributed by atoms with Crippen molar-refractivity contribution in [3.05, 3.63) is 30.1 Å². The van der Waals surface area contributed by atoms with Crippen LogP contribution in [0.5, 0.6) is 0 Å². The first-order chi connectivity index (χ1) is 11.3. The normalized spacial score (nSPS) is 27.2. The zero-order chi connectivity index (χ0) is 16.1.